The molecule has 0 bridgehead atoms. The Labute approximate surface area is 131 Å². The molecule has 116 valence electrons. The maximum Gasteiger partial charge on any atom is 0.321 e. The summed E-state index contributed by atoms with van der Waals surface area (Å²) in [5.41, 5.74) is 5.54. The first-order valence-corrected chi connectivity index (χ1v) is 7.50. The average Bonchev–Trinajstić information content (AvgIpc) is 2.55. The lowest BCUT2D eigenvalue weighted by Crippen LogP contribution is -2.40. The van der Waals surface area contributed by atoms with E-state index in [1.54, 1.807) is 0 Å². The van der Waals surface area contributed by atoms with Gasteiger partial charge < -0.3 is 4.74 Å². The van der Waals surface area contributed by atoms with Gasteiger partial charge >= 0.3 is 5.97 Å². The van der Waals surface area contributed by atoms with Crippen LogP contribution in [0.3, 0.4) is 0 Å². The van der Waals surface area contributed by atoms with Crippen molar-refractivity contribution < 1.29 is 9.53 Å². The number of rotatable bonds is 8. The molecule has 0 aromatic heterocycles. The molecule has 0 spiro atoms. The van der Waals surface area contributed by atoms with E-state index in [0.717, 1.165) is 13.1 Å². The summed E-state index contributed by atoms with van der Waals surface area (Å²) in [6.07, 6.45) is 0. The lowest BCUT2D eigenvalue weighted by atomic mass is 10.2. The van der Waals surface area contributed by atoms with E-state index in [9.17, 15) is 4.79 Å². The van der Waals surface area contributed by atoms with Gasteiger partial charge in [0.1, 0.15) is 6.54 Å². The van der Waals surface area contributed by atoms with Crippen LogP contribution in [0.1, 0.15) is 18.1 Å². The molecule has 1 N–H and O–H groups in total. The number of carbonyl (C=O) groups excluding carboxylic acids is 1. The van der Waals surface area contributed by atoms with Crippen molar-refractivity contribution in [2.45, 2.75) is 20.0 Å². The molecule has 0 aliphatic carbocycles. The molecule has 22 heavy (non-hydrogen) atoms. The number of nitrogens with one attached hydrogen (secondary N) is 1. The second-order valence-electron chi connectivity index (χ2n) is 4.97. The lowest BCUT2D eigenvalue weighted by molar-refractivity contribution is -0.143. The summed E-state index contributed by atoms with van der Waals surface area (Å²) in [6, 6.07) is 20.3. The summed E-state index contributed by atoms with van der Waals surface area (Å²) in [5.74, 6) is -0.242. The Hall–Kier alpha value is -2.17. The van der Waals surface area contributed by atoms with Crippen LogP contribution in [0.5, 0.6) is 0 Å². The third-order valence-corrected chi connectivity index (χ3v) is 3.18. The zero-order valence-electron chi connectivity index (χ0n) is 12.9. The molecule has 0 saturated carbocycles. The number of carbonyl (C=O) groups is 1. The molecule has 0 saturated heterocycles. The van der Waals surface area contributed by atoms with Crippen LogP contribution in [-0.2, 0) is 22.6 Å². The van der Waals surface area contributed by atoms with Crippen molar-refractivity contribution in [3.63, 3.8) is 0 Å². The minimum Gasteiger partial charge on any atom is -0.465 e. The highest BCUT2D eigenvalue weighted by Crippen LogP contribution is 2.07. The Balaban J connectivity index is 1.98. The first-order valence-electron chi connectivity index (χ1n) is 7.50. The molecule has 0 atom stereocenters. The van der Waals surface area contributed by atoms with Gasteiger partial charge in [-0.15, -0.1) is 0 Å². The maximum absolute atomic E-state index is 11.5. The summed E-state index contributed by atoms with van der Waals surface area (Å²) in [6.45, 7) is 3.82. The number of nitrogens with zero attached hydrogens (tertiary/aromatic N) is 1. The standard InChI is InChI=1S/C18H22N2O2/c1-2-22-18(21)13-19-20(14-16-9-5-3-6-10-16)15-17-11-7-4-8-12-17/h3-12,19H,2,13-15H2,1H3. The predicted molar refractivity (Wildman–Crippen MR) is 86.8 cm³/mol. The first-order chi connectivity index (χ1) is 10.8. The third kappa shape index (κ3) is 5.68. The van der Waals surface area contributed by atoms with Gasteiger partial charge in [0.2, 0.25) is 0 Å². The summed E-state index contributed by atoms with van der Waals surface area (Å²) in [7, 11) is 0. The molecule has 2 aromatic carbocycles. The van der Waals surface area contributed by atoms with Crippen molar-refractivity contribution in [2.75, 3.05) is 13.2 Å². The summed E-state index contributed by atoms with van der Waals surface area (Å²) < 4.78 is 4.96. The zero-order chi connectivity index (χ0) is 15.6. The number of esters is 1. The molecule has 2 aromatic rings. The average molecular weight is 298 g/mol. The monoisotopic (exact) mass is 298 g/mol. The third-order valence-electron chi connectivity index (χ3n) is 3.18. The molecular formula is C18H22N2O2. The topological polar surface area (TPSA) is 41.6 Å². The molecule has 0 unspecified atom stereocenters. The molecule has 0 radical (unpaired) electrons. The smallest absolute Gasteiger partial charge is 0.321 e. The minimum atomic E-state index is -0.242. The quantitative estimate of drug-likeness (QED) is 0.601. The normalized spacial score (nSPS) is 10.6. The highest BCUT2D eigenvalue weighted by molar-refractivity contribution is 5.71. The van der Waals surface area contributed by atoms with E-state index in [0.29, 0.717) is 6.61 Å². The van der Waals surface area contributed by atoms with Crippen molar-refractivity contribution >= 4 is 5.97 Å². The van der Waals surface area contributed by atoms with Crippen molar-refractivity contribution in [1.29, 1.82) is 0 Å². The van der Waals surface area contributed by atoms with Gasteiger partial charge in [0.05, 0.1) is 6.61 Å². The number of ether oxygens (including phenoxy) is 1. The van der Waals surface area contributed by atoms with Gasteiger partial charge in [0.15, 0.2) is 0 Å². The second kappa shape index (κ2) is 8.97. The number of hydrogen-bond donors (Lipinski definition) is 1. The Kier molecular flexibility index (Phi) is 6.61. The van der Waals surface area contributed by atoms with Gasteiger partial charge in [-0.3, -0.25) is 4.79 Å². The van der Waals surface area contributed by atoms with Crippen LogP contribution in [0, 0.1) is 0 Å². The van der Waals surface area contributed by atoms with Gasteiger partial charge in [-0.1, -0.05) is 60.7 Å². The Morgan fingerprint density at radius 3 is 1.91 bits per heavy atom. The van der Waals surface area contributed by atoms with E-state index in [1.165, 1.54) is 11.1 Å². The zero-order valence-corrected chi connectivity index (χ0v) is 12.9. The fourth-order valence-electron chi connectivity index (χ4n) is 2.16. The molecule has 4 heteroatoms. The number of hydrogen-bond acceptors (Lipinski definition) is 4. The fraction of sp³-hybridized carbons (Fsp3) is 0.278. The highest BCUT2D eigenvalue weighted by Gasteiger charge is 2.09. The molecule has 0 heterocycles. The van der Waals surface area contributed by atoms with Gasteiger partial charge in [-0.05, 0) is 18.1 Å². The van der Waals surface area contributed by atoms with Crippen LogP contribution < -0.4 is 5.43 Å². The first kappa shape index (κ1) is 16.2. The highest BCUT2D eigenvalue weighted by atomic mass is 16.5. The molecule has 0 aliphatic rings. The van der Waals surface area contributed by atoms with Crippen LogP contribution in [0.25, 0.3) is 0 Å². The van der Waals surface area contributed by atoms with Crippen molar-refractivity contribution in [1.82, 2.24) is 10.4 Å². The van der Waals surface area contributed by atoms with Gasteiger partial charge in [-0.25, -0.2) is 10.4 Å². The molecular weight excluding hydrogens is 276 g/mol. The van der Waals surface area contributed by atoms with Crippen molar-refractivity contribution in [3.8, 4) is 0 Å². The maximum atomic E-state index is 11.5. The Morgan fingerprint density at radius 1 is 0.955 bits per heavy atom. The largest absolute Gasteiger partial charge is 0.465 e. The van der Waals surface area contributed by atoms with Crippen molar-refractivity contribution in [3.05, 3.63) is 71.8 Å². The van der Waals surface area contributed by atoms with Crippen LogP contribution in [0.15, 0.2) is 60.7 Å². The minimum absolute atomic E-state index is 0.174. The van der Waals surface area contributed by atoms with Crippen molar-refractivity contribution in [2.24, 2.45) is 0 Å². The van der Waals surface area contributed by atoms with E-state index >= 15 is 0 Å². The number of hydrazine groups is 1. The number of benzene rings is 2. The summed E-state index contributed by atoms with van der Waals surface area (Å²) >= 11 is 0. The fourth-order valence-corrected chi connectivity index (χ4v) is 2.16. The molecule has 0 aliphatic heterocycles. The van der Waals surface area contributed by atoms with Crippen LogP contribution >= 0.6 is 0 Å². The van der Waals surface area contributed by atoms with E-state index < -0.39 is 0 Å². The summed E-state index contributed by atoms with van der Waals surface area (Å²) in [5, 5.41) is 2.03. The molecule has 0 fully saturated rings. The van der Waals surface area contributed by atoms with Crippen LogP contribution in [-0.4, -0.2) is 24.1 Å². The van der Waals surface area contributed by atoms with Gasteiger partial charge in [-0.2, -0.15) is 0 Å². The van der Waals surface area contributed by atoms with E-state index in [1.807, 2.05) is 48.3 Å². The summed E-state index contributed by atoms with van der Waals surface area (Å²) in [4.78, 5) is 11.5. The molecule has 2 rings (SSSR count). The predicted octanol–water partition coefficient (Wildman–Crippen LogP) is 2.76. The van der Waals surface area contributed by atoms with Crippen LogP contribution in [0.2, 0.25) is 0 Å². The van der Waals surface area contributed by atoms with Gasteiger partial charge in [0.25, 0.3) is 0 Å². The second-order valence-corrected chi connectivity index (χ2v) is 4.97. The molecule has 4 nitrogen and oxygen atoms in total. The Morgan fingerprint density at radius 2 is 1.45 bits per heavy atom. The molecule has 0 amide bonds. The Bertz CT molecular complexity index is 516. The van der Waals surface area contributed by atoms with Gasteiger partial charge in [0, 0.05) is 13.1 Å². The van der Waals surface area contributed by atoms with E-state index in [2.05, 4.69) is 29.7 Å². The van der Waals surface area contributed by atoms with E-state index in [4.69, 9.17) is 4.74 Å². The van der Waals surface area contributed by atoms with E-state index in [-0.39, 0.29) is 12.5 Å². The lowest BCUT2D eigenvalue weighted by Gasteiger charge is -2.23. The SMILES string of the molecule is CCOC(=O)CNN(Cc1ccccc1)Cc1ccccc1. The van der Waals surface area contributed by atoms with Crippen LogP contribution in [0.4, 0.5) is 0 Å².